The van der Waals surface area contributed by atoms with Crippen LogP contribution in [0.1, 0.15) is 63.7 Å². The first-order valence-corrected chi connectivity index (χ1v) is 12.4. The Balaban J connectivity index is 1.46. The van der Waals surface area contributed by atoms with Crippen molar-refractivity contribution in [1.29, 1.82) is 0 Å². The van der Waals surface area contributed by atoms with Crippen LogP contribution in [0.4, 0.5) is 5.82 Å². The minimum absolute atomic E-state index is 0.199. The smallest absolute Gasteiger partial charge is 0.225 e. The molecule has 0 unspecified atom stereocenters. The van der Waals surface area contributed by atoms with Gasteiger partial charge in [-0.05, 0) is 57.7 Å². The molecule has 2 aliphatic rings. The second-order valence-electron chi connectivity index (χ2n) is 10.1. The highest BCUT2D eigenvalue weighted by Crippen LogP contribution is 2.38. The molecule has 1 aromatic carbocycles. The van der Waals surface area contributed by atoms with Crippen LogP contribution in [0.5, 0.6) is 0 Å². The number of anilines is 1. The van der Waals surface area contributed by atoms with E-state index in [-0.39, 0.29) is 17.9 Å². The molecule has 0 radical (unpaired) electrons. The van der Waals surface area contributed by atoms with Crippen molar-refractivity contribution in [2.24, 2.45) is 5.92 Å². The van der Waals surface area contributed by atoms with E-state index >= 15 is 0 Å². The monoisotopic (exact) mass is 457 g/mol. The van der Waals surface area contributed by atoms with E-state index < -0.39 is 0 Å². The Kier molecular flexibility index (Phi) is 5.04. The maximum absolute atomic E-state index is 13.0. The van der Waals surface area contributed by atoms with Crippen molar-refractivity contribution in [2.75, 3.05) is 18.8 Å². The summed E-state index contributed by atoms with van der Waals surface area (Å²) in [7, 11) is 0. The minimum Gasteiger partial charge on any atom is -0.382 e. The van der Waals surface area contributed by atoms with Crippen molar-refractivity contribution >= 4 is 33.7 Å². The van der Waals surface area contributed by atoms with E-state index in [4.69, 9.17) is 15.7 Å². The van der Waals surface area contributed by atoms with Crippen molar-refractivity contribution in [3.05, 3.63) is 36.3 Å². The van der Waals surface area contributed by atoms with E-state index in [1.807, 2.05) is 18.3 Å². The Morgan fingerprint density at radius 3 is 2.71 bits per heavy atom. The van der Waals surface area contributed by atoms with Crippen LogP contribution in [-0.4, -0.2) is 48.6 Å². The summed E-state index contributed by atoms with van der Waals surface area (Å²) >= 11 is 0. The average molecular weight is 458 g/mol. The number of fused-ring (bicyclic) bond motifs is 3. The lowest BCUT2D eigenvalue weighted by atomic mass is 9.83. The molecule has 0 bridgehead atoms. The molecule has 6 rings (SSSR count). The first kappa shape index (κ1) is 21.1. The third-order valence-corrected chi connectivity index (χ3v) is 7.54. The molecular weight excluding hydrogens is 426 g/mol. The molecule has 8 nitrogen and oxygen atoms in total. The van der Waals surface area contributed by atoms with E-state index in [1.165, 1.54) is 6.42 Å². The summed E-state index contributed by atoms with van der Waals surface area (Å²) in [6.07, 6.45) is 7.11. The molecule has 2 fully saturated rings. The highest BCUT2D eigenvalue weighted by molar-refractivity contribution is 6.07. The first-order valence-electron chi connectivity index (χ1n) is 12.4. The summed E-state index contributed by atoms with van der Waals surface area (Å²) in [4.78, 5) is 24.8. The lowest BCUT2D eigenvalue weighted by Crippen LogP contribution is -2.44. The van der Waals surface area contributed by atoms with Crippen molar-refractivity contribution in [3.63, 3.8) is 0 Å². The number of H-pyrrole nitrogens is 1. The summed E-state index contributed by atoms with van der Waals surface area (Å²) < 4.78 is 2.33. The predicted molar refractivity (Wildman–Crippen MR) is 133 cm³/mol. The zero-order valence-electron chi connectivity index (χ0n) is 19.8. The summed E-state index contributed by atoms with van der Waals surface area (Å²) in [6, 6.07) is 8.37. The van der Waals surface area contributed by atoms with Gasteiger partial charge in [0.15, 0.2) is 5.82 Å². The molecule has 3 aromatic heterocycles. The van der Waals surface area contributed by atoms with Gasteiger partial charge in [0, 0.05) is 48.1 Å². The van der Waals surface area contributed by atoms with Crippen molar-refractivity contribution in [2.45, 2.75) is 57.9 Å². The van der Waals surface area contributed by atoms with Crippen molar-refractivity contribution in [1.82, 2.24) is 29.6 Å². The number of nitrogens with two attached hydrogens (primary N) is 1. The lowest BCUT2D eigenvalue weighted by Gasteiger charge is -2.37. The van der Waals surface area contributed by atoms with Gasteiger partial charge in [0.1, 0.15) is 11.3 Å². The fourth-order valence-electron chi connectivity index (χ4n) is 5.59. The largest absolute Gasteiger partial charge is 0.382 e. The number of hydrogen-bond donors (Lipinski definition) is 2. The number of aromatic nitrogens is 5. The number of rotatable bonds is 4. The fraction of sp³-hybridized carbons (Fsp3) is 0.462. The van der Waals surface area contributed by atoms with Crippen LogP contribution in [0.3, 0.4) is 0 Å². The number of carbonyl (C=O) groups is 1. The van der Waals surface area contributed by atoms with Gasteiger partial charge in [-0.15, -0.1) is 0 Å². The molecule has 1 atom stereocenters. The summed E-state index contributed by atoms with van der Waals surface area (Å²) in [5.74, 6) is 2.23. The number of likely N-dealkylation sites (tertiary alicyclic amines) is 1. The van der Waals surface area contributed by atoms with Crippen LogP contribution in [0.15, 0.2) is 30.5 Å². The molecule has 8 heteroatoms. The number of pyridine rings is 1. The van der Waals surface area contributed by atoms with Crippen molar-refractivity contribution in [3.8, 4) is 11.3 Å². The molecule has 34 heavy (non-hydrogen) atoms. The second kappa shape index (κ2) is 8.11. The molecule has 1 aliphatic heterocycles. The molecule has 0 spiro atoms. The molecule has 4 heterocycles. The van der Waals surface area contributed by atoms with Gasteiger partial charge < -0.3 is 15.2 Å². The predicted octanol–water partition coefficient (Wildman–Crippen LogP) is 4.64. The molecule has 1 saturated carbocycles. The number of nitrogens with one attached hydrogen (secondary N) is 1. The third kappa shape index (κ3) is 3.35. The van der Waals surface area contributed by atoms with Crippen LogP contribution in [0, 0.1) is 5.92 Å². The van der Waals surface area contributed by atoms with Gasteiger partial charge in [-0.1, -0.05) is 12.5 Å². The van der Waals surface area contributed by atoms with Gasteiger partial charge in [-0.25, -0.2) is 9.97 Å². The molecule has 1 amide bonds. The van der Waals surface area contributed by atoms with Crippen LogP contribution in [0.25, 0.3) is 33.2 Å². The van der Waals surface area contributed by atoms with Gasteiger partial charge in [0.05, 0.1) is 16.7 Å². The summed E-state index contributed by atoms with van der Waals surface area (Å²) in [5.41, 5.74) is 11.0. The number of aromatic amines is 1. The SMILES string of the molecule is CC(C)n1c([C@H]2CCCN(C(=O)C3CCC3)C2)nc2c(N)nc3cc(-c4cc[nH]n4)ccc3c21. The van der Waals surface area contributed by atoms with Gasteiger partial charge in [0.25, 0.3) is 0 Å². The number of nitrogens with zero attached hydrogens (tertiary/aromatic N) is 5. The van der Waals surface area contributed by atoms with Crippen LogP contribution in [-0.2, 0) is 4.79 Å². The van der Waals surface area contributed by atoms with E-state index in [2.05, 4.69) is 45.6 Å². The lowest BCUT2D eigenvalue weighted by molar-refractivity contribution is -0.139. The Hall–Kier alpha value is -3.42. The normalized spacial score (nSPS) is 19.3. The number of hydrogen-bond acceptors (Lipinski definition) is 5. The van der Waals surface area contributed by atoms with Gasteiger partial charge in [-0.3, -0.25) is 9.89 Å². The average Bonchev–Trinajstić information content (AvgIpc) is 3.46. The zero-order chi connectivity index (χ0) is 23.4. The Bertz CT molecular complexity index is 1370. The minimum atomic E-state index is 0.199. The zero-order valence-corrected chi connectivity index (χ0v) is 19.8. The molecule has 1 saturated heterocycles. The van der Waals surface area contributed by atoms with E-state index in [9.17, 15) is 4.79 Å². The Labute approximate surface area is 198 Å². The van der Waals surface area contributed by atoms with E-state index in [0.29, 0.717) is 11.7 Å². The maximum Gasteiger partial charge on any atom is 0.225 e. The van der Waals surface area contributed by atoms with E-state index in [1.54, 1.807) is 0 Å². The van der Waals surface area contributed by atoms with Gasteiger partial charge in [0.2, 0.25) is 5.91 Å². The number of carbonyl (C=O) groups excluding carboxylic acids is 1. The van der Waals surface area contributed by atoms with E-state index in [0.717, 1.165) is 77.8 Å². The number of imidazole rings is 1. The molecule has 3 N–H and O–H groups in total. The molecule has 4 aromatic rings. The number of amides is 1. The number of piperidine rings is 1. The summed E-state index contributed by atoms with van der Waals surface area (Å²) in [6.45, 7) is 5.97. The van der Waals surface area contributed by atoms with Crippen LogP contribution in [0.2, 0.25) is 0 Å². The third-order valence-electron chi connectivity index (χ3n) is 7.54. The molecule has 1 aliphatic carbocycles. The van der Waals surface area contributed by atoms with Crippen molar-refractivity contribution < 1.29 is 4.79 Å². The van der Waals surface area contributed by atoms with Gasteiger partial charge in [-0.2, -0.15) is 5.10 Å². The fourth-order valence-corrected chi connectivity index (χ4v) is 5.59. The topological polar surface area (TPSA) is 106 Å². The van der Waals surface area contributed by atoms with Gasteiger partial charge >= 0.3 is 0 Å². The summed E-state index contributed by atoms with van der Waals surface area (Å²) in [5, 5.41) is 8.21. The maximum atomic E-state index is 13.0. The second-order valence-corrected chi connectivity index (χ2v) is 10.1. The number of nitrogen functional groups attached to an aromatic ring is 1. The Morgan fingerprint density at radius 2 is 2.00 bits per heavy atom. The molecule has 176 valence electrons. The Morgan fingerprint density at radius 1 is 1.15 bits per heavy atom. The standard InChI is InChI=1S/C26H31N7O/c1-15(2)33-23-19-9-8-17(20-10-11-28-31-20)13-21(19)29-24(27)22(23)30-25(33)18-7-4-12-32(14-18)26(34)16-5-3-6-16/h8-11,13,15-16,18H,3-7,12,14H2,1-2H3,(H2,27,29)(H,28,31)/t18-/m0/s1. The molecular formula is C26H31N7O. The van der Waals surface area contributed by atoms with Crippen LogP contribution < -0.4 is 5.73 Å². The highest BCUT2D eigenvalue weighted by Gasteiger charge is 2.34. The first-order chi connectivity index (χ1) is 16.5. The quantitative estimate of drug-likeness (QED) is 0.464. The number of benzene rings is 1. The van der Waals surface area contributed by atoms with Crippen LogP contribution >= 0.6 is 0 Å². The highest BCUT2D eigenvalue weighted by atomic mass is 16.2.